The molecule has 0 spiro atoms. The molecule has 0 aliphatic rings. The van der Waals surface area contributed by atoms with Crippen molar-refractivity contribution in [2.75, 3.05) is 11.9 Å². The van der Waals surface area contributed by atoms with Gasteiger partial charge in [-0.3, -0.25) is 9.59 Å². The number of unbranched alkanes of at least 4 members (excludes halogenated alkanes) is 11. The molecule has 41 heavy (non-hydrogen) atoms. The summed E-state index contributed by atoms with van der Waals surface area (Å²) in [5.74, 6) is 0.178. The maximum absolute atomic E-state index is 13.4. The van der Waals surface area contributed by atoms with E-state index in [1.807, 2.05) is 30.3 Å². The number of benzene rings is 2. The average Bonchev–Trinajstić information content (AvgIpc) is 3.35. The van der Waals surface area contributed by atoms with Gasteiger partial charge in [0.05, 0.1) is 23.2 Å². The fraction of sp³-hybridized carbons (Fsp3) is 0.500. The summed E-state index contributed by atoms with van der Waals surface area (Å²) in [5.41, 5.74) is 5.79. The Morgan fingerprint density at radius 1 is 0.829 bits per heavy atom. The van der Waals surface area contributed by atoms with Gasteiger partial charge in [0, 0.05) is 18.1 Å². The number of nitrogens with zero attached hydrogens (tertiary/aromatic N) is 1. The smallest absolute Gasteiger partial charge is 0.256 e. The molecule has 3 aromatic rings. The van der Waals surface area contributed by atoms with Crippen LogP contribution in [0.3, 0.4) is 0 Å². The fourth-order valence-corrected chi connectivity index (χ4v) is 5.73. The van der Waals surface area contributed by atoms with E-state index in [0.717, 1.165) is 24.1 Å². The van der Waals surface area contributed by atoms with Crippen molar-refractivity contribution < 1.29 is 35.9 Å². The van der Waals surface area contributed by atoms with Gasteiger partial charge in [0.2, 0.25) is 5.51 Å². The Hall–Kier alpha value is -2.51. The Kier molecular flexibility index (Phi) is 16.6. The Morgan fingerprint density at radius 3 is 2.05 bits per heavy atom. The molecule has 0 saturated carbocycles. The molecule has 2 aromatic carbocycles. The summed E-state index contributed by atoms with van der Waals surface area (Å²) >= 11 is 1.64. The quantitative estimate of drug-likeness (QED) is 0.100. The number of aryl methyl sites for hydroxylation is 1. The third-order valence-corrected chi connectivity index (χ3v) is 8.22. The largest absolute Gasteiger partial charge is 1.00 e. The molecule has 1 amide bonds. The molecule has 0 unspecified atom stereocenters. The van der Waals surface area contributed by atoms with Crippen LogP contribution in [0.25, 0.3) is 0 Å². The number of carbonyl (C=O) groups excluding carboxylic acids is 2. The van der Waals surface area contributed by atoms with E-state index in [2.05, 4.69) is 34.6 Å². The minimum absolute atomic E-state index is 0. The molecule has 3 rings (SSSR count). The van der Waals surface area contributed by atoms with Crippen molar-refractivity contribution in [2.45, 2.75) is 104 Å². The van der Waals surface area contributed by atoms with E-state index in [-0.39, 0.29) is 28.7 Å². The number of rotatable bonds is 19. The molecule has 1 heterocycles. The molecule has 5 nitrogen and oxygen atoms in total. The van der Waals surface area contributed by atoms with Crippen LogP contribution in [0, 0.1) is 6.92 Å². The van der Waals surface area contributed by atoms with Crippen molar-refractivity contribution in [3.8, 4) is 5.75 Å². The maximum atomic E-state index is 13.4. The van der Waals surface area contributed by atoms with Crippen LogP contribution in [0.5, 0.6) is 5.75 Å². The number of hydrogen-bond donors (Lipinski definition) is 1. The number of amides is 1. The molecule has 224 valence electrons. The van der Waals surface area contributed by atoms with Crippen LogP contribution in [0.4, 0.5) is 5.69 Å². The van der Waals surface area contributed by atoms with Gasteiger partial charge in [-0.1, -0.05) is 113 Å². The van der Waals surface area contributed by atoms with Gasteiger partial charge in [0.1, 0.15) is 0 Å². The highest BCUT2D eigenvalue weighted by atomic mass is 79.9. The van der Waals surface area contributed by atoms with E-state index >= 15 is 0 Å². The highest BCUT2D eigenvalue weighted by Gasteiger charge is 2.19. The molecule has 0 saturated heterocycles. The van der Waals surface area contributed by atoms with E-state index in [1.165, 1.54) is 71.1 Å². The third kappa shape index (κ3) is 11.7. The lowest BCUT2D eigenvalue weighted by molar-refractivity contribution is -0.689. The average molecular weight is 644 g/mol. The molecule has 0 fully saturated rings. The summed E-state index contributed by atoms with van der Waals surface area (Å²) in [5, 5.41) is 5.12. The van der Waals surface area contributed by atoms with Crippen molar-refractivity contribution in [1.29, 1.82) is 0 Å². The Morgan fingerprint density at radius 2 is 1.44 bits per heavy atom. The van der Waals surface area contributed by atoms with Crippen LogP contribution in [0.15, 0.2) is 53.4 Å². The molecule has 0 radical (unpaired) electrons. The van der Waals surface area contributed by atoms with Gasteiger partial charge < -0.3 is 27.0 Å². The molecule has 0 aliphatic carbocycles. The highest BCUT2D eigenvalue weighted by molar-refractivity contribution is 7.07. The predicted octanol–water partition coefficient (Wildman–Crippen LogP) is 5.93. The second kappa shape index (κ2) is 19.6. The number of ether oxygens (including phenoxy) is 1. The number of Topliss-reactive ketones (excluding diaryl/α,β-unsaturated/α-hetero) is 1. The lowest BCUT2D eigenvalue weighted by atomic mass is 10.1. The topological polar surface area (TPSA) is 59.3 Å². The lowest BCUT2D eigenvalue weighted by Crippen LogP contribution is -3.00. The first-order valence-electron chi connectivity index (χ1n) is 15.1. The van der Waals surface area contributed by atoms with E-state index in [9.17, 15) is 9.59 Å². The monoisotopic (exact) mass is 642 g/mol. The number of ketones is 1. The number of aromatic nitrogens is 1. The van der Waals surface area contributed by atoms with Gasteiger partial charge in [-0.05, 0) is 31.5 Å². The van der Waals surface area contributed by atoms with Crippen LogP contribution in [-0.2, 0) is 6.54 Å². The van der Waals surface area contributed by atoms with Crippen LogP contribution in [-0.4, -0.2) is 18.3 Å². The number of para-hydroxylation sites is 1. The predicted molar refractivity (Wildman–Crippen MR) is 166 cm³/mol. The van der Waals surface area contributed by atoms with Crippen molar-refractivity contribution in [1.82, 2.24) is 0 Å². The molecule has 0 aliphatic heterocycles. The zero-order valence-electron chi connectivity index (χ0n) is 25.1. The van der Waals surface area contributed by atoms with E-state index < -0.39 is 0 Å². The molecule has 1 aromatic heterocycles. The number of halogens is 1. The van der Waals surface area contributed by atoms with Gasteiger partial charge >= 0.3 is 0 Å². The summed E-state index contributed by atoms with van der Waals surface area (Å²) in [7, 11) is 0. The summed E-state index contributed by atoms with van der Waals surface area (Å²) < 4.78 is 8.29. The van der Waals surface area contributed by atoms with Crippen LogP contribution >= 0.6 is 11.3 Å². The van der Waals surface area contributed by atoms with E-state index in [4.69, 9.17) is 4.74 Å². The number of hydrogen-bond acceptors (Lipinski definition) is 4. The summed E-state index contributed by atoms with van der Waals surface area (Å²) in [6, 6.07) is 13.0. The summed E-state index contributed by atoms with van der Waals surface area (Å²) in [6.07, 6.45) is 15.3. The van der Waals surface area contributed by atoms with Crippen molar-refractivity contribution in [3.63, 3.8) is 0 Å². The van der Waals surface area contributed by atoms with E-state index in [1.54, 1.807) is 23.5 Å². The number of thiazole rings is 1. The molecular weight excluding hydrogens is 596 g/mol. The first-order chi connectivity index (χ1) is 19.5. The summed E-state index contributed by atoms with van der Waals surface area (Å²) in [6.45, 7) is 7.00. The lowest BCUT2D eigenvalue weighted by Gasteiger charge is -2.16. The van der Waals surface area contributed by atoms with Gasteiger partial charge in [-0.2, -0.15) is 4.57 Å². The van der Waals surface area contributed by atoms with Crippen molar-refractivity contribution in [2.24, 2.45) is 0 Å². The maximum Gasteiger partial charge on any atom is 0.256 e. The highest BCUT2D eigenvalue weighted by Crippen LogP contribution is 2.30. The van der Waals surface area contributed by atoms with Gasteiger partial charge in [0.25, 0.3) is 5.91 Å². The second-order valence-corrected chi connectivity index (χ2v) is 11.4. The van der Waals surface area contributed by atoms with Gasteiger partial charge in [0.15, 0.2) is 23.8 Å². The zero-order chi connectivity index (χ0) is 28.6. The Balaban J connectivity index is 0.00000588. The first-order valence-corrected chi connectivity index (χ1v) is 16.0. The van der Waals surface area contributed by atoms with Crippen LogP contribution in [0.2, 0.25) is 0 Å². The molecule has 0 atom stereocenters. The standard InChI is InChI=1S/C34H46N2O3S.BrH/c1-4-5-6-7-8-9-10-11-12-13-14-17-23-39-33-30(28(3)37)21-18-22-32(33)35-34(38)31-20-16-15-19-29(31)24-36-26-40-25-27(36)2;/h15-16,18-22,25-26H,4-14,17,23-24H2,1-3H3;1H. The molecule has 1 N–H and O–H groups in total. The number of nitrogens with one attached hydrogen (secondary N) is 1. The number of anilines is 1. The fourth-order valence-electron chi connectivity index (χ4n) is 4.95. The number of carbonyl (C=O) groups is 2. The first kappa shape index (κ1) is 34.7. The Labute approximate surface area is 261 Å². The third-order valence-electron chi connectivity index (χ3n) is 7.37. The zero-order valence-corrected chi connectivity index (χ0v) is 27.5. The normalized spacial score (nSPS) is 10.7. The Bertz CT molecular complexity index is 1210. The van der Waals surface area contributed by atoms with Gasteiger partial charge in [-0.15, -0.1) is 0 Å². The van der Waals surface area contributed by atoms with Gasteiger partial charge in [-0.25, -0.2) is 0 Å². The minimum atomic E-state index is -0.208. The SMILES string of the molecule is CCCCCCCCCCCCCCOc1c(NC(=O)c2ccccc2C[n+]2cscc2C)cccc1C(C)=O.[Br-]. The minimum Gasteiger partial charge on any atom is -1.00 e. The second-order valence-electron chi connectivity index (χ2n) is 10.7. The molecule has 0 bridgehead atoms. The molecular formula is C34H47BrN2O3S. The molecule has 7 heteroatoms. The van der Waals surface area contributed by atoms with Crippen molar-refractivity contribution in [3.05, 3.63) is 75.7 Å². The van der Waals surface area contributed by atoms with E-state index in [0.29, 0.717) is 35.7 Å². The van der Waals surface area contributed by atoms with Crippen molar-refractivity contribution >= 4 is 28.7 Å². The summed E-state index contributed by atoms with van der Waals surface area (Å²) in [4.78, 5) is 25.8. The van der Waals surface area contributed by atoms with Crippen LogP contribution < -0.4 is 31.6 Å². The van der Waals surface area contributed by atoms with Crippen LogP contribution in [0.1, 0.15) is 123 Å².